The molecule has 0 radical (unpaired) electrons. The number of benzene rings is 1. The Balaban J connectivity index is 1.23. The Morgan fingerprint density at radius 3 is 2.42 bits per heavy atom. The Hall–Kier alpha value is -1.43. The summed E-state index contributed by atoms with van der Waals surface area (Å²) in [6.45, 7) is 9.91. The van der Waals surface area contributed by atoms with Crippen LogP contribution in [-0.2, 0) is 14.8 Å². The number of carbonyl (C=O) groups is 1. The van der Waals surface area contributed by atoms with Crippen LogP contribution in [0.3, 0.4) is 0 Å². The number of nitrogens with one attached hydrogen (secondary N) is 1. The minimum atomic E-state index is -3.98. The van der Waals surface area contributed by atoms with Gasteiger partial charge in [-0.05, 0) is 128 Å². The number of rotatable bonds is 7. The number of sulfonamides is 1. The van der Waals surface area contributed by atoms with Crippen LogP contribution in [0.15, 0.2) is 29.2 Å². The van der Waals surface area contributed by atoms with E-state index in [1.807, 2.05) is 0 Å². The Morgan fingerprint density at radius 2 is 1.71 bits per heavy atom. The third-order valence-electron chi connectivity index (χ3n) is 12.2. The van der Waals surface area contributed by atoms with Gasteiger partial charge in [-0.3, -0.25) is 4.79 Å². The molecule has 4 nitrogen and oxygen atoms in total. The number of fused-ring (bicyclic) bond motifs is 5. The lowest BCUT2D eigenvalue weighted by molar-refractivity contribution is -0.138. The molecule has 1 aromatic rings. The first-order valence-corrected chi connectivity index (χ1v) is 16.8. The van der Waals surface area contributed by atoms with Crippen LogP contribution in [0.2, 0.25) is 0 Å². The third-order valence-corrected chi connectivity index (χ3v) is 13.6. The predicted octanol–water partition coefficient (Wildman–Crippen LogP) is 7.73. The van der Waals surface area contributed by atoms with Crippen LogP contribution >= 0.6 is 0 Å². The summed E-state index contributed by atoms with van der Waals surface area (Å²) < 4.78 is 40.5. The first-order valence-electron chi connectivity index (χ1n) is 15.3. The van der Waals surface area contributed by atoms with Crippen LogP contribution in [0.25, 0.3) is 0 Å². The van der Waals surface area contributed by atoms with Crippen molar-refractivity contribution >= 4 is 15.9 Å². The third kappa shape index (κ3) is 4.86. The fraction of sp³-hybridized carbons (Fsp3) is 0.781. The molecule has 6 heteroatoms. The highest BCUT2D eigenvalue weighted by Gasteiger charge is 2.61. The van der Waals surface area contributed by atoms with Crippen molar-refractivity contribution in [2.75, 3.05) is 0 Å². The molecule has 1 N–H and O–H groups in total. The summed E-state index contributed by atoms with van der Waals surface area (Å²) in [6.07, 6.45) is 14.6. The summed E-state index contributed by atoms with van der Waals surface area (Å²) >= 11 is 0. The van der Waals surface area contributed by atoms with Crippen molar-refractivity contribution in [1.29, 1.82) is 0 Å². The van der Waals surface area contributed by atoms with Crippen LogP contribution in [-0.4, -0.2) is 14.3 Å². The maximum Gasteiger partial charge on any atom is 0.264 e. The maximum atomic E-state index is 13.2. The van der Waals surface area contributed by atoms with E-state index in [-0.39, 0.29) is 11.3 Å². The monoisotopic (exact) mass is 545 g/mol. The molecule has 0 saturated heterocycles. The molecule has 0 heterocycles. The molecular weight excluding hydrogens is 497 g/mol. The van der Waals surface area contributed by atoms with E-state index in [1.54, 1.807) is 0 Å². The molecule has 0 spiro atoms. The van der Waals surface area contributed by atoms with E-state index in [2.05, 4.69) is 32.4 Å². The van der Waals surface area contributed by atoms with Crippen molar-refractivity contribution < 1.29 is 17.6 Å². The van der Waals surface area contributed by atoms with Crippen molar-refractivity contribution in [3.8, 4) is 0 Å². The Morgan fingerprint density at radius 1 is 1.00 bits per heavy atom. The van der Waals surface area contributed by atoms with Gasteiger partial charge in [0.1, 0.15) is 5.82 Å². The lowest BCUT2D eigenvalue weighted by Crippen LogP contribution is -2.55. The summed E-state index contributed by atoms with van der Waals surface area (Å²) in [6, 6.07) is 4.56. The van der Waals surface area contributed by atoms with Gasteiger partial charge in [0.2, 0.25) is 5.91 Å². The fourth-order valence-corrected chi connectivity index (χ4v) is 11.4. The van der Waals surface area contributed by atoms with Crippen molar-refractivity contribution in [3.05, 3.63) is 30.1 Å². The Bertz CT molecular complexity index is 1120. The molecule has 4 aliphatic rings. The van der Waals surface area contributed by atoms with E-state index in [9.17, 15) is 17.6 Å². The molecule has 4 fully saturated rings. The molecule has 0 aromatic heterocycles. The van der Waals surface area contributed by atoms with Crippen LogP contribution in [0.1, 0.15) is 105 Å². The Kier molecular flexibility index (Phi) is 7.78. The molecule has 4 aliphatic carbocycles. The van der Waals surface area contributed by atoms with Gasteiger partial charge in [0, 0.05) is 6.42 Å². The van der Waals surface area contributed by atoms with Gasteiger partial charge in [-0.2, -0.15) is 0 Å². The minimum Gasteiger partial charge on any atom is -0.274 e. The van der Waals surface area contributed by atoms with Gasteiger partial charge in [-0.15, -0.1) is 0 Å². The smallest absolute Gasteiger partial charge is 0.264 e. The van der Waals surface area contributed by atoms with Crippen molar-refractivity contribution in [2.45, 2.75) is 110 Å². The van der Waals surface area contributed by atoms with Gasteiger partial charge in [-0.1, -0.05) is 47.0 Å². The summed E-state index contributed by atoms with van der Waals surface area (Å²) in [4.78, 5) is 12.6. The first kappa shape index (κ1) is 28.1. The van der Waals surface area contributed by atoms with E-state index >= 15 is 0 Å². The first-order chi connectivity index (χ1) is 18.0. The number of carbonyl (C=O) groups excluding carboxylic acids is 1. The van der Waals surface area contributed by atoms with E-state index in [1.165, 1.54) is 76.3 Å². The van der Waals surface area contributed by atoms with E-state index < -0.39 is 21.7 Å². The minimum absolute atomic E-state index is 0.0880. The number of hydrogen-bond donors (Lipinski definition) is 1. The van der Waals surface area contributed by atoms with Gasteiger partial charge >= 0.3 is 0 Å². The second-order valence-corrected chi connectivity index (χ2v) is 15.5. The largest absolute Gasteiger partial charge is 0.274 e. The SMILES string of the molecule is CC[C@H]1CC2C3CC[C@H]([C@H](C)CCC(=O)NS(=O)(=O)c4ccc(F)cc4)[C@@]3(C)CCC2[C@@]2(C)CCCC[C@@H]12. The standard InChI is InChI=1S/C32H48FNO3S/c1-5-22-20-25-28-15-14-26(32(28,4)19-17-29(25)31(3)18-7-6-8-27(22)31)21(2)9-16-30(35)34-38(36,37)24-12-10-23(33)11-13-24/h10-13,21-22,25-29H,5-9,14-20H2,1-4H3,(H,34,35)/t21-,22+,25?,26-,27+,28?,29?,31+,32-/m1/s1. The quantitative estimate of drug-likeness (QED) is 0.381. The average Bonchev–Trinajstić information content (AvgIpc) is 3.24. The average molecular weight is 546 g/mol. The number of hydrogen-bond acceptors (Lipinski definition) is 3. The maximum absolute atomic E-state index is 13.2. The van der Waals surface area contributed by atoms with Gasteiger partial charge in [0.25, 0.3) is 10.0 Å². The lowest BCUT2D eigenvalue weighted by atomic mass is 9.42. The summed E-state index contributed by atoms with van der Waals surface area (Å²) in [5, 5.41) is 0. The lowest BCUT2D eigenvalue weighted by Gasteiger charge is -2.63. The summed E-state index contributed by atoms with van der Waals surface area (Å²) in [5.74, 6) is 4.31. The normalized spacial score (nSPS) is 39.5. The second-order valence-electron chi connectivity index (χ2n) is 13.9. The molecule has 1 aromatic carbocycles. The predicted molar refractivity (Wildman–Crippen MR) is 149 cm³/mol. The highest BCUT2D eigenvalue weighted by molar-refractivity contribution is 7.90. The van der Waals surface area contributed by atoms with E-state index in [0.29, 0.717) is 29.1 Å². The zero-order chi connectivity index (χ0) is 27.3. The molecule has 4 saturated carbocycles. The zero-order valence-corrected chi connectivity index (χ0v) is 24.7. The molecule has 38 heavy (non-hydrogen) atoms. The van der Waals surface area contributed by atoms with Crippen molar-refractivity contribution in [3.63, 3.8) is 0 Å². The van der Waals surface area contributed by atoms with Crippen LogP contribution in [0, 0.1) is 58.1 Å². The molecule has 0 aliphatic heterocycles. The zero-order valence-electron chi connectivity index (χ0n) is 23.8. The molecule has 9 atom stereocenters. The molecule has 3 unspecified atom stereocenters. The summed E-state index contributed by atoms with van der Waals surface area (Å²) in [5.41, 5.74) is 0.856. The van der Waals surface area contributed by atoms with E-state index in [4.69, 9.17) is 0 Å². The number of amides is 1. The van der Waals surface area contributed by atoms with Gasteiger partial charge < -0.3 is 0 Å². The van der Waals surface area contributed by atoms with Crippen molar-refractivity contribution in [1.82, 2.24) is 4.72 Å². The van der Waals surface area contributed by atoms with Crippen LogP contribution < -0.4 is 4.72 Å². The van der Waals surface area contributed by atoms with Crippen molar-refractivity contribution in [2.24, 2.45) is 52.3 Å². The molecule has 212 valence electrons. The topological polar surface area (TPSA) is 63.2 Å². The van der Waals surface area contributed by atoms with E-state index in [0.717, 1.165) is 41.7 Å². The summed E-state index contributed by atoms with van der Waals surface area (Å²) in [7, 11) is -3.98. The molecule has 1 amide bonds. The number of halogens is 1. The highest BCUT2D eigenvalue weighted by atomic mass is 32.2. The molecular formula is C32H48FNO3S. The second kappa shape index (κ2) is 10.5. The van der Waals surface area contributed by atoms with Crippen LogP contribution in [0.5, 0.6) is 0 Å². The highest BCUT2D eigenvalue weighted by Crippen LogP contribution is 2.69. The molecule has 5 rings (SSSR count). The van der Waals surface area contributed by atoms with Gasteiger partial charge in [-0.25, -0.2) is 17.5 Å². The van der Waals surface area contributed by atoms with Gasteiger partial charge in [0.15, 0.2) is 0 Å². The van der Waals surface area contributed by atoms with Gasteiger partial charge in [0.05, 0.1) is 4.90 Å². The molecule has 0 bridgehead atoms. The fourth-order valence-electron chi connectivity index (χ4n) is 10.4. The Labute approximate surface area is 230 Å². The van der Waals surface area contributed by atoms with Crippen LogP contribution in [0.4, 0.5) is 4.39 Å².